The van der Waals surface area contributed by atoms with E-state index in [-0.39, 0.29) is 31.6 Å². The summed E-state index contributed by atoms with van der Waals surface area (Å²) < 4.78 is 10.7. The highest BCUT2D eigenvalue weighted by molar-refractivity contribution is 5.70. The fourth-order valence-corrected chi connectivity index (χ4v) is 7.63. The molecule has 0 aromatic carbocycles. The zero-order valence-corrected chi connectivity index (χ0v) is 47.3. The number of carbonyl (C=O) groups excluding carboxylic acids is 2. The normalized spacial score (nSPS) is 13.5. The SMILES string of the molecule is CC/C=C\C/C=C\C/C=C\C/C=C\C/C=C\C/C=C\C/C=C\C/C=C\C/C=C\C/C=C\CCCCC(=O)OC(CO)COC(=O)CCCCCCCCCCCCCCCC/C=C\C/C=C\C/C=C\C/C=C\CC. The second-order valence-electron chi connectivity index (χ2n) is 19.0. The molecule has 1 atom stereocenters. The molecule has 0 radical (unpaired) electrons. The Hall–Kier alpha value is -4.74. The van der Waals surface area contributed by atoms with Gasteiger partial charge in [0.15, 0.2) is 6.10 Å². The van der Waals surface area contributed by atoms with Crippen molar-refractivity contribution in [1.29, 1.82) is 0 Å². The van der Waals surface area contributed by atoms with Crippen molar-refractivity contribution < 1.29 is 24.2 Å². The van der Waals surface area contributed by atoms with E-state index in [1.807, 2.05) is 0 Å². The number of aliphatic hydroxyl groups is 1. The molecular weight excluding hydrogens is 909 g/mol. The summed E-state index contributed by atoms with van der Waals surface area (Å²) in [6, 6.07) is 0. The summed E-state index contributed by atoms with van der Waals surface area (Å²) in [5.41, 5.74) is 0. The number of esters is 2. The van der Waals surface area contributed by atoms with Gasteiger partial charge in [0.1, 0.15) is 6.61 Å². The van der Waals surface area contributed by atoms with Gasteiger partial charge >= 0.3 is 11.9 Å². The summed E-state index contributed by atoms with van der Waals surface area (Å²) in [4.78, 5) is 24.5. The van der Waals surface area contributed by atoms with Gasteiger partial charge in [-0.15, -0.1) is 0 Å². The highest BCUT2D eigenvalue weighted by atomic mass is 16.6. The molecule has 0 fully saturated rings. The third kappa shape index (κ3) is 59.8. The van der Waals surface area contributed by atoms with Crippen molar-refractivity contribution in [3.05, 3.63) is 170 Å². The van der Waals surface area contributed by atoms with Gasteiger partial charge in [-0.25, -0.2) is 0 Å². The number of aliphatic hydroxyl groups excluding tert-OH is 1. The lowest BCUT2D eigenvalue weighted by molar-refractivity contribution is -0.161. The van der Waals surface area contributed by atoms with Crippen molar-refractivity contribution in [2.45, 2.75) is 238 Å². The smallest absolute Gasteiger partial charge is 0.306 e. The van der Waals surface area contributed by atoms with Gasteiger partial charge in [0.05, 0.1) is 6.61 Å². The minimum atomic E-state index is -0.810. The van der Waals surface area contributed by atoms with Crippen molar-refractivity contribution in [3.8, 4) is 0 Å². The van der Waals surface area contributed by atoms with Crippen LogP contribution in [0.2, 0.25) is 0 Å². The van der Waals surface area contributed by atoms with E-state index in [0.717, 1.165) is 122 Å². The highest BCUT2D eigenvalue weighted by Crippen LogP contribution is 2.15. The molecule has 5 nitrogen and oxygen atoms in total. The molecule has 0 aliphatic carbocycles. The van der Waals surface area contributed by atoms with Crippen LogP contribution in [0.15, 0.2) is 170 Å². The molecule has 1 unspecified atom stereocenters. The highest BCUT2D eigenvalue weighted by Gasteiger charge is 2.16. The third-order valence-corrected chi connectivity index (χ3v) is 12.0. The predicted molar refractivity (Wildman–Crippen MR) is 324 cm³/mol. The summed E-state index contributed by atoms with van der Waals surface area (Å²) in [5.74, 6) is -0.653. The molecule has 0 saturated heterocycles. The summed E-state index contributed by atoms with van der Waals surface area (Å²) in [5, 5.41) is 9.66. The molecule has 0 heterocycles. The minimum Gasteiger partial charge on any atom is -0.462 e. The molecule has 0 rings (SSSR count). The Morgan fingerprint density at radius 2 is 0.541 bits per heavy atom. The number of carbonyl (C=O) groups is 2. The number of hydrogen-bond donors (Lipinski definition) is 1. The van der Waals surface area contributed by atoms with E-state index >= 15 is 0 Å². The zero-order valence-electron chi connectivity index (χ0n) is 47.3. The molecule has 74 heavy (non-hydrogen) atoms. The molecule has 0 aliphatic rings. The van der Waals surface area contributed by atoms with Crippen LogP contribution in [-0.4, -0.2) is 36.4 Å². The van der Waals surface area contributed by atoms with Crippen molar-refractivity contribution in [2.24, 2.45) is 0 Å². The summed E-state index contributed by atoms with van der Waals surface area (Å²) in [6.45, 7) is 3.87. The average Bonchev–Trinajstić information content (AvgIpc) is 3.40. The van der Waals surface area contributed by atoms with Crippen LogP contribution in [0.25, 0.3) is 0 Å². The van der Waals surface area contributed by atoms with Crippen molar-refractivity contribution in [3.63, 3.8) is 0 Å². The average molecular weight is 1020 g/mol. The molecule has 0 aromatic rings. The van der Waals surface area contributed by atoms with E-state index in [9.17, 15) is 14.7 Å². The van der Waals surface area contributed by atoms with Gasteiger partial charge in [-0.1, -0.05) is 261 Å². The van der Waals surface area contributed by atoms with E-state index in [4.69, 9.17) is 9.47 Å². The van der Waals surface area contributed by atoms with E-state index in [1.54, 1.807) is 0 Å². The van der Waals surface area contributed by atoms with Crippen molar-refractivity contribution >= 4 is 11.9 Å². The van der Waals surface area contributed by atoms with Crippen LogP contribution in [0.3, 0.4) is 0 Å². The maximum absolute atomic E-state index is 12.3. The van der Waals surface area contributed by atoms with Gasteiger partial charge in [0.2, 0.25) is 0 Å². The van der Waals surface area contributed by atoms with Crippen LogP contribution >= 0.6 is 0 Å². The van der Waals surface area contributed by atoms with Gasteiger partial charge in [0, 0.05) is 12.8 Å². The largest absolute Gasteiger partial charge is 0.462 e. The summed E-state index contributed by atoms with van der Waals surface area (Å²) in [7, 11) is 0. The summed E-state index contributed by atoms with van der Waals surface area (Å²) >= 11 is 0. The monoisotopic (exact) mass is 1020 g/mol. The number of rotatable bonds is 52. The van der Waals surface area contributed by atoms with Crippen LogP contribution in [0.4, 0.5) is 0 Å². The van der Waals surface area contributed by atoms with E-state index in [1.165, 1.54) is 77.0 Å². The fourth-order valence-electron chi connectivity index (χ4n) is 7.63. The Morgan fingerprint density at radius 3 is 0.838 bits per heavy atom. The van der Waals surface area contributed by atoms with E-state index in [0.29, 0.717) is 12.8 Å². The topological polar surface area (TPSA) is 72.8 Å². The zero-order chi connectivity index (χ0) is 53.4. The first kappa shape index (κ1) is 69.3. The first-order chi connectivity index (χ1) is 36.6. The molecule has 1 N–H and O–H groups in total. The molecule has 5 heteroatoms. The molecule has 0 saturated carbocycles. The minimum absolute atomic E-state index is 0.0947. The molecule has 0 bridgehead atoms. The number of unbranched alkanes of at least 4 members (excludes halogenated alkanes) is 16. The molecule has 0 amide bonds. The molecule has 0 aliphatic heterocycles. The first-order valence-electron chi connectivity index (χ1n) is 29.7. The lowest BCUT2D eigenvalue weighted by atomic mass is 10.0. The van der Waals surface area contributed by atoms with Crippen LogP contribution in [0.1, 0.15) is 232 Å². The molecular formula is C69H108O5. The van der Waals surface area contributed by atoms with E-state index < -0.39 is 6.10 Å². The fraction of sp³-hybridized carbons (Fsp3) is 0.565. The van der Waals surface area contributed by atoms with E-state index in [2.05, 4.69) is 184 Å². The van der Waals surface area contributed by atoms with Crippen molar-refractivity contribution in [2.75, 3.05) is 13.2 Å². The lowest BCUT2D eigenvalue weighted by Gasteiger charge is -2.15. The van der Waals surface area contributed by atoms with Gasteiger partial charge in [-0.2, -0.15) is 0 Å². The van der Waals surface area contributed by atoms with Gasteiger partial charge in [0.25, 0.3) is 0 Å². The number of ether oxygens (including phenoxy) is 2. The van der Waals surface area contributed by atoms with Crippen LogP contribution in [0.5, 0.6) is 0 Å². The molecule has 0 spiro atoms. The molecule has 0 aromatic heterocycles. The Labute approximate surface area is 455 Å². The van der Waals surface area contributed by atoms with Crippen LogP contribution in [0, 0.1) is 0 Å². The second kappa shape index (κ2) is 62.6. The van der Waals surface area contributed by atoms with Crippen molar-refractivity contribution in [1.82, 2.24) is 0 Å². The Bertz CT molecular complexity index is 1670. The number of allylic oxidation sites excluding steroid dienone is 28. The Balaban J connectivity index is 3.65. The molecule has 414 valence electrons. The quantitative estimate of drug-likeness (QED) is 0.0373. The van der Waals surface area contributed by atoms with Crippen LogP contribution in [-0.2, 0) is 19.1 Å². The van der Waals surface area contributed by atoms with Crippen LogP contribution < -0.4 is 0 Å². The third-order valence-electron chi connectivity index (χ3n) is 12.0. The maximum atomic E-state index is 12.3. The van der Waals surface area contributed by atoms with Gasteiger partial charge in [-0.3, -0.25) is 9.59 Å². The Morgan fingerprint density at radius 1 is 0.311 bits per heavy atom. The second-order valence-corrected chi connectivity index (χ2v) is 19.0. The maximum Gasteiger partial charge on any atom is 0.306 e. The first-order valence-corrected chi connectivity index (χ1v) is 29.7. The predicted octanol–water partition coefficient (Wildman–Crippen LogP) is 20.5. The van der Waals surface area contributed by atoms with Gasteiger partial charge < -0.3 is 14.6 Å². The Kier molecular flexibility index (Phi) is 58.5. The standard InChI is InChI=1S/C69H108O5/c1-3-5-7-9-11-13-15-17-19-21-23-25-27-29-31-32-33-34-35-36-38-40-42-44-46-48-50-52-54-56-58-60-62-64-69(72)74-67(65-70)66-73-68(71)63-61-59-57-55-53-51-49-47-45-43-41-39-37-30-28-26-24-22-20-18-16-14-12-10-8-6-4-2/h5-8,11-14,17-20,23-26,29,31,33-34,36,38,42,44,48,50,54,56,67,70H,3-4,9-10,15-16,21-22,27-28,30,32,35,37,39-41,43,45-47,49,51-53,55,57-66H2,1-2H3/b7-5-,8-6-,13-11-,14-12-,19-17-,20-18-,25-23-,26-24-,31-29-,34-33-,38-36-,44-42-,50-48-,56-54-. The number of hydrogen-bond acceptors (Lipinski definition) is 5. The lowest BCUT2D eigenvalue weighted by Crippen LogP contribution is -2.28. The van der Waals surface area contributed by atoms with Gasteiger partial charge in [-0.05, 0) is 128 Å². The summed E-state index contributed by atoms with van der Waals surface area (Å²) in [6.07, 6.45) is 97.6.